The molecule has 0 heterocycles. The van der Waals surface area contributed by atoms with Crippen LogP contribution in [0.5, 0.6) is 0 Å². The predicted molar refractivity (Wildman–Crippen MR) is 90.4 cm³/mol. The largest absolute Gasteiger partial charge is 0.481 e. The summed E-state index contributed by atoms with van der Waals surface area (Å²) >= 11 is 0. The van der Waals surface area contributed by atoms with Gasteiger partial charge in [0.05, 0.1) is 11.3 Å². The smallest absolute Gasteiger partial charge is 0.309 e. The van der Waals surface area contributed by atoms with Crippen LogP contribution in [0.3, 0.4) is 0 Å². The summed E-state index contributed by atoms with van der Waals surface area (Å²) in [4.78, 5) is 22.9. The second-order valence-corrected chi connectivity index (χ2v) is 6.29. The average molecular weight is 320 g/mol. The summed E-state index contributed by atoms with van der Waals surface area (Å²) in [5, 5.41) is 18.8. The molecular formula is C19H28O4. The Morgan fingerprint density at radius 1 is 1.09 bits per heavy atom. The molecule has 0 aromatic heterocycles. The zero-order chi connectivity index (χ0) is 17.3. The molecule has 0 aliphatic rings. The third kappa shape index (κ3) is 5.70. The highest BCUT2D eigenvalue weighted by atomic mass is 16.4. The van der Waals surface area contributed by atoms with Crippen molar-refractivity contribution in [1.29, 1.82) is 0 Å². The van der Waals surface area contributed by atoms with E-state index in [1.165, 1.54) is 0 Å². The molecule has 2 N–H and O–H groups in total. The number of hydrogen-bond acceptors (Lipinski definition) is 2. The summed E-state index contributed by atoms with van der Waals surface area (Å²) < 4.78 is 0. The Morgan fingerprint density at radius 2 is 1.74 bits per heavy atom. The van der Waals surface area contributed by atoms with Crippen molar-refractivity contribution in [3.8, 4) is 0 Å². The van der Waals surface area contributed by atoms with Gasteiger partial charge in [0.25, 0.3) is 0 Å². The fourth-order valence-electron chi connectivity index (χ4n) is 3.07. The van der Waals surface area contributed by atoms with Crippen molar-refractivity contribution in [2.45, 2.75) is 58.8 Å². The van der Waals surface area contributed by atoms with Crippen molar-refractivity contribution >= 4 is 11.9 Å². The van der Waals surface area contributed by atoms with Gasteiger partial charge < -0.3 is 10.2 Å². The molecule has 0 radical (unpaired) electrons. The maximum absolute atomic E-state index is 11.9. The van der Waals surface area contributed by atoms with E-state index in [9.17, 15) is 14.7 Å². The number of hydrogen-bond donors (Lipinski definition) is 2. The van der Waals surface area contributed by atoms with Gasteiger partial charge in [-0.25, -0.2) is 0 Å². The van der Waals surface area contributed by atoms with Crippen LogP contribution in [0.25, 0.3) is 0 Å². The van der Waals surface area contributed by atoms with Crippen LogP contribution >= 0.6 is 0 Å². The lowest BCUT2D eigenvalue weighted by Crippen LogP contribution is -2.33. The zero-order valence-electron chi connectivity index (χ0n) is 14.1. The van der Waals surface area contributed by atoms with E-state index in [1.54, 1.807) is 0 Å². The van der Waals surface area contributed by atoms with E-state index in [-0.39, 0.29) is 5.92 Å². The van der Waals surface area contributed by atoms with E-state index in [0.717, 1.165) is 18.4 Å². The Hall–Kier alpha value is -1.84. The minimum absolute atomic E-state index is 0.315. The minimum Gasteiger partial charge on any atom is -0.481 e. The number of unbranched alkanes of at least 4 members (excludes halogenated alkanes) is 1. The molecule has 4 heteroatoms. The van der Waals surface area contributed by atoms with Gasteiger partial charge in [-0.2, -0.15) is 0 Å². The maximum atomic E-state index is 11.9. The van der Waals surface area contributed by atoms with E-state index in [2.05, 4.69) is 0 Å². The SMILES string of the molecule is CCC(CCCCC(CC)(Cc1ccccc1)C(=O)O)C(=O)O. The number of carboxylic acids is 2. The molecular weight excluding hydrogens is 292 g/mol. The number of benzene rings is 1. The van der Waals surface area contributed by atoms with Crippen LogP contribution in [0.2, 0.25) is 0 Å². The lowest BCUT2D eigenvalue weighted by atomic mass is 9.75. The van der Waals surface area contributed by atoms with E-state index in [1.807, 2.05) is 44.2 Å². The standard InChI is InChI=1S/C19H28O4/c1-3-16(17(20)21)12-8-9-13-19(4-2,18(22)23)14-15-10-6-5-7-11-15/h5-7,10-11,16H,3-4,8-9,12-14H2,1-2H3,(H,20,21)(H,22,23). The molecule has 1 aromatic carbocycles. The van der Waals surface area contributed by atoms with Crippen molar-refractivity contribution in [1.82, 2.24) is 0 Å². The van der Waals surface area contributed by atoms with Gasteiger partial charge in [0.15, 0.2) is 0 Å². The molecule has 23 heavy (non-hydrogen) atoms. The molecule has 0 fully saturated rings. The fourth-order valence-corrected chi connectivity index (χ4v) is 3.07. The third-order valence-electron chi connectivity index (χ3n) is 4.82. The second kappa shape index (κ2) is 9.33. The number of rotatable bonds is 11. The van der Waals surface area contributed by atoms with Crippen molar-refractivity contribution in [2.24, 2.45) is 11.3 Å². The first kappa shape index (κ1) is 19.2. The minimum atomic E-state index is -0.758. The summed E-state index contributed by atoms with van der Waals surface area (Å²) in [5.74, 6) is -1.82. The summed E-state index contributed by atoms with van der Waals surface area (Å²) in [5.41, 5.74) is 0.278. The van der Waals surface area contributed by atoms with Crippen molar-refractivity contribution in [3.63, 3.8) is 0 Å². The van der Waals surface area contributed by atoms with Crippen LogP contribution in [-0.4, -0.2) is 22.2 Å². The highest BCUT2D eigenvalue weighted by Crippen LogP contribution is 2.34. The molecule has 0 saturated carbocycles. The van der Waals surface area contributed by atoms with Gasteiger partial charge in [-0.05, 0) is 37.7 Å². The normalized spacial score (nSPS) is 14.9. The summed E-state index contributed by atoms with van der Waals surface area (Å²) in [7, 11) is 0. The Kier molecular flexibility index (Phi) is 7.79. The topological polar surface area (TPSA) is 74.6 Å². The molecule has 0 amide bonds. The lowest BCUT2D eigenvalue weighted by Gasteiger charge is -2.28. The molecule has 2 unspecified atom stereocenters. The van der Waals surface area contributed by atoms with Crippen LogP contribution in [0.15, 0.2) is 30.3 Å². The van der Waals surface area contributed by atoms with Gasteiger partial charge in [-0.3, -0.25) is 9.59 Å². The Bertz CT molecular complexity index is 497. The zero-order valence-corrected chi connectivity index (χ0v) is 14.1. The summed E-state index contributed by atoms with van der Waals surface area (Å²) in [6, 6.07) is 9.71. The lowest BCUT2D eigenvalue weighted by molar-refractivity contribution is -0.150. The van der Waals surface area contributed by atoms with Gasteiger partial charge in [-0.15, -0.1) is 0 Å². The third-order valence-corrected chi connectivity index (χ3v) is 4.82. The molecule has 0 aliphatic heterocycles. The summed E-state index contributed by atoms with van der Waals surface area (Å²) in [6.07, 6.45) is 4.44. The molecule has 0 spiro atoms. The van der Waals surface area contributed by atoms with Crippen LogP contribution < -0.4 is 0 Å². The Labute approximate surface area is 138 Å². The maximum Gasteiger partial charge on any atom is 0.309 e. The van der Waals surface area contributed by atoms with Crippen LogP contribution in [0, 0.1) is 11.3 Å². The molecule has 2 atom stereocenters. The van der Waals surface area contributed by atoms with Gasteiger partial charge in [0.1, 0.15) is 0 Å². The van der Waals surface area contributed by atoms with Gasteiger partial charge >= 0.3 is 11.9 Å². The average Bonchev–Trinajstić information content (AvgIpc) is 2.54. The molecule has 0 aliphatic carbocycles. The molecule has 0 bridgehead atoms. The first-order valence-corrected chi connectivity index (χ1v) is 8.45. The molecule has 128 valence electrons. The van der Waals surface area contributed by atoms with Gasteiger partial charge in [0.2, 0.25) is 0 Å². The highest BCUT2D eigenvalue weighted by Gasteiger charge is 2.36. The first-order chi connectivity index (χ1) is 10.9. The molecule has 1 aromatic rings. The van der Waals surface area contributed by atoms with Crippen molar-refractivity contribution in [2.75, 3.05) is 0 Å². The number of carboxylic acid groups (broad SMARTS) is 2. The fraction of sp³-hybridized carbons (Fsp3) is 0.579. The van der Waals surface area contributed by atoms with Crippen LogP contribution in [0.4, 0.5) is 0 Å². The van der Waals surface area contributed by atoms with Crippen molar-refractivity contribution in [3.05, 3.63) is 35.9 Å². The molecule has 4 nitrogen and oxygen atoms in total. The molecule has 0 saturated heterocycles. The van der Waals surface area contributed by atoms with Gasteiger partial charge in [0, 0.05) is 0 Å². The van der Waals surface area contributed by atoms with E-state index in [0.29, 0.717) is 32.1 Å². The Morgan fingerprint density at radius 3 is 2.22 bits per heavy atom. The second-order valence-electron chi connectivity index (χ2n) is 6.29. The van der Waals surface area contributed by atoms with E-state index in [4.69, 9.17) is 5.11 Å². The molecule has 1 rings (SSSR count). The Balaban J connectivity index is 2.64. The van der Waals surface area contributed by atoms with Crippen LogP contribution in [0.1, 0.15) is 57.9 Å². The first-order valence-electron chi connectivity index (χ1n) is 8.45. The van der Waals surface area contributed by atoms with Crippen LogP contribution in [-0.2, 0) is 16.0 Å². The van der Waals surface area contributed by atoms with Crippen molar-refractivity contribution < 1.29 is 19.8 Å². The highest BCUT2D eigenvalue weighted by molar-refractivity contribution is 5.75. The number of carbonyl (C=O) groups is 2. The van der Waals surface area contributed by atoms with Gasteiger partial charge in [-0.1, -0.05) is 57.0 Å². The summed E-state index contributed by atoms with van der Waals surface area (Å²) in [6.45, 7) is 3.80. The van der Waals surface area contributed by atoms with E-state index >= 15 is 0 Å². The predicted octanol–water partition coefficient (Wildman–Crippen LogP) is 4.38. The van der Waals surface area contributed by atoms with E-state index < -0.39 is 17.4 Å². The quantitative estimate of drug-likeness (QED) is 0.593. The monoisotopic (exact) mass is 320 g/mol. The number of aliphatic carboxylic acids is 2.